The van der Waals surface area contributed by atoms with Crippen LogP contribution in [0.25, 0.3) is 0 Å². The van der Waals surface area contributed by atoms with Gasteiger partial charge in [-0.15, -0.1) is 0 Å². The third-order valence-corrected chi connectivity index (χ3v) is 4.84. The number of halogens is 4. The number of ether oxygens (including phenoxy) is 1. The average Bonchev–Trinajstić information content (AvgIpc) is 2.55. The Morgan fingerprint density at radius 2 is 1.72 bits per heavy atom. The fourth-order valence-corrected chi connectivity index (χ4v) is 3.14. The Kier molecular flexibility index (Phi) is 5.28. The molecule has 0 heterocycles. The zero-order valence-corrected chi connectivity index (χ0v) is 14.2. The topological polar surface area (TPSA) is 72.5 Å². The summed E-state index contributed by atoms with van der Waals surface area (Å²) < 4.78 is 68.8. The molecule has 0 amide bonds. The van der Waals surface area contributed by atoms with Gasteiger partial charge in [-0.2, -0.15) is 13.2 Å². The molecule has 0 radical (unpaired) electrons. The highest BCUT2D eigenvalue weighted by atomic mass is 35.5. The molecule has 134 valence electrons. The van der Waals surface area contributed by atoms with Crippen LogP contribution in [0.3, 0.4) is 0 Å². The summed E-state index contributed by atoms with van der Waals surface area (Å²) in [7, 11) is -3.01. The Balaban J connectivity index is 2.31. The van der Waals surface area contributed by atoms with Gasteiger partial charge in [-0.3, -0.25) is 4.72 Å². The molecule has 5 nitrogen and oxygen atoms in total. The van der Waals surface area contributed by atoms with Gasteiger partial charge < -0.3 is 4.74 Å². The fraction of sp³-hybridized carbons (Fsp3) is 0.133. The standard InChI is InChI=1S/C15H11ClF3NO4S/c1-24-14(21)12-8-10(4-7-13(12)16)20-25(22,23)11-5-2-9(3-6-11)15(17,18)19/h2-8,20H,1H3. The van der Waals surface area contributed by atoms with E-state index in [0.717, 1.165) is 25.3 Å². The monoisotopic (exact) mass is 393 g/mol. The van der Waals surface area contributed by atoms with Gasteiger partial charge in [0, 0.05) is 5.69 Å². The summed E-state index contributed by atoms with van der Waals surface area (Å²) in [5, 5.41) is 0.0596. The third kappa shape index (κ3) is 4.43. The number of nitrogens with one attached hydrogen (secondary N) is 1. The van der Waals surface area contributed by atoms with Crippen molar-refractivity contribution in [1.29, 1.82) is 0 Å². The van der Waals surface area contributed by atoms with Crippen molar-refractivity contribution < 1.29 is 31.1 Å². The fourth-order valence-electron chi connectivity index (χ4n) is 1.89. The molecule has 1 N–H and O–H groups in total. The summed E-state index contributed by atoms with van der Waals surface area (Å²) in [6.45, 7) is 0. The van der Waals surface area contributed by atoms with Crippen LogP contribution in [0.5, 0.6) is 0 Å². The predicted octanol–water partition coefficient (Wildman–Crippen LogP) is 3.95. The third-order valence-electron chi connectivity index (χ3n) is 3.12. The molecular formula is C15H11ClF3NO4S. The van der Waals surface area contributed by atoms with E-state index in [1.807, 2.05) is 0 Å². The van der Waals surface area contributed by atoms with E-state index in [9.17, 15) is 26.4 Å². The molecule has 25 heavy (non-hydrogen) atoms. The molecule has 0 spiro atoms. The van der Waals surface area contributed by atoms with Gasteiger partial charge in [0.05, 0.1) is 28.2 Å². The van der Waals surface area contributed by atoms with Gasteiger partial charge in [0.15, 0.2) is 0 Å². The first-order valence-corrected chi connectivity index (χ1v) is 8.48. The smallest absolute Gasteiger partial charge is 0.416 e. The van der Waals surface area contributed by atoms with Gasteiger partial charge in [0.2, 0.25) is 0 Å². The zero-order valence-electron chi connectivity index (χ0n) is 12.6. The summed E-state index contributed by atoms with van der Waals surface area (Å²) >= 11 is 5.83. The molecule has 0 fully saturated rings. The largest absolute Gasteiger partial charge is 0.465 e. The van der Waals surface area contributed by atoms with E-state index in [0.29, 0.717) is 12.1 Å². The van der Waals surface area contributed by atoms with Crippen molar-refractivity contribution in [3.8, 4) is 0 Å². The van der Waals surface area contributed by atoms with E-state index in [1.165, 1.54) is 12.1 Å². The second kappa shape index (κ2) is 6.93. The van der Waals surface area contributed by atoms with Crippen LogP contribution in [-0.4, -0.2) is 21.5 Å². The first-order chi connectivity index (χ1) is 11.5. The van der Waals surface area contributed by atoms with Crippen molar-refractivity contribution >= 4 is 33.3 Å². The summed E-state index contributed by atoms with van der Waals surface area (Å²) in [6.07, 6.45) is -4.57. The van der Waals surface area contributed by atoms with Gasteiger partial charge in [-0.05, 0) is 42.5 Å². The molecule has 2 aromatic rings. The molecule has 0 atom stereocenters. The molecule has 2 aromatic carbocycles. The van der Waals surface area contributed by atoms with E-state index in [2.05, 4.69) is 9.46 Å². The number of hydrogen-bond acceptors (Lipinski definition) is 4. The van der Waals surface area contributed by atoms with Gasteiger partial charge >= 0.3 is 12.1 Å². The van der Waals surface area contributed by atoms with Crippen molar-refractivity contribution in [1.82, 2.24) is 0 Å². The number of hydrogen-bond donors (Lipinski definition) is 1. The molecule has 0 aliphatic heterocycles. The molecule has 0 aliphatic rings. The average molecular weight is 394 g/mol. The first kappa shape index (κ1) is 19.1. The second-order valence-electron chi connectivity index (χ2n) is 4.81. The zero-order chi connectivity index (χ0) is 18.8. The van der Waals surface area contributed by atoms with Crippen LogP contribution in [-0.2, 0) is 20.9 Å². The highest BCUT2D eigenvalue weighted by Crippen LogP contribution is 2.30. The first-order valence-electron chi connectivity index (χ1n) is 6.62. The van der Waals surface area contributed by atoms with Gasteiger partial charge in [-0.1, -0.05) is 11.6 Å². The minimum atomic E-state index is -4.57. The molecular weight excluding hydrogens is 383 g/mol. The van der Waals surface area contributed by atoms with Crippen molar-refractivity contribution in [2.45, 2.75) is 11.1 Å². The Morgan fingerprint density at radius 3 is 2.24 bits per heavy atom. The van der Waals surface area contributed by atoms with E-state index < -0.39 is 27.7 Å². The highest BCUT2D eigenvalue weighted by Gasteiger charge is 2.30. The molecule has 10 heteroatoms. The van der Waals surface area contributed by atoms with Crippen molar-refractivity contribution in [3.05, 3.63) is 58.6 Å². The van der Waals surface area contributed by atoms with Crippen molar-refractivity contribution in [2.24, 2.45) is 0 Å². The number of anilines is 1. The van der Waals surface area contributed by atoms with E-state index in [-0.39, 0.29) is 21.2 Å². The quantitative estimate of drug-likeness (QED) is 0.798. The normalized spacial score (nSPS) is 11.9. The Morgan fingerprint density at radius 1 is 1.12 bits per heavy atom. The Bertz CT molecular complexity index is 896. The summed E-state index contributed by atoms with van der Waals surface area (Å²) in [5.41, 5.74) is -1.02. The lowest BCUT2D eigenvalue weighted by Crippen LogP contribution is -2.14. The molecule has 0 aromatic heterocycles. The number of alkyl halides is 3. The van der Waals surface area contributed by atoms with Crippen LogP contribution in [0.2, 0.25) is 5.02 Å². The van der Waals surface area contributed by atoms with Gasteiger partial charge in [0.25, 0.3) is 10.0 Å². The van der Waals surface area contributed by atoms with Crippen molar-refractivity contribution in [2.75, 3.05) is 11.8 Å². The summed E-state index contributed by atoms with van der Waals surface area (Å²) in [4.78, 5) is 11.2. The minimum absolute atomic E-state index is 0.00435. The lowest BCUT2D eigenvalue weighted by Gasteiger charge is -2.11. The van der Waals surface area contributed by atoms with Gasteiger partial charge in [-0.25, -0.2) is 13.2 Å². The summed E-state index contributed by atoms with van der Waals surface area (Å²) in [6, 6.07) is 6.75. The van der Waals surface area contributed by atoms with Crippen LogP contribution in [0.1, 0.15) is 15.9 Å². The lowest BCUT2D eigenvalue weighted by molar-refractivity contribution is -0.137. The maximum absolute atomic E-state index is 12.5. The molecule has 2 rings (SSSR count). The van der Waals surface area contributed by atoms with Crippen LogP contribution in [0, 0.1) is 0 Å². The predicted molar refractivity (Wildman–Crippen MR) is 85.0 cm³/mol. The van der Waals surface area contributed by atoms with Crippen LogP contribution >= 0.6 is 11.6 Å². The number of rotatable bonds is 4. The molecule has 0 saturated carbocycles. The Hall–Kier alpha value is -2.26. The molecule has 0 unspecified atom stereocenters. The SMILES string of the molecule is COC(=O)c1cc(NS(=O)(=O)c2ccc(C(F)(F)F)cc2)ccc1Cl. The number of benzene rings is 2. The summed E-state index contributed by atoms with van der Waals surface area (Å²) in [5.74, 6) is -0.763. The Labute approximate surface area is 146 Å². The second-order valence-corrected chi connectivity index (χ2v) is 6.90. The van der Waals surface area contributed by atoms with Gasteiger partial charge in [0.1, 0.15) is 0 Å². The van der Waals surface area contributed by atoms with Crippen LogP contribution < -0.4 is 4.72 Å². The van der Waals surface area contributed by atoms with E-state index in [1.54, 1.807) is 0 Å². The maximum Gasteiger partial charge on any atom is 0.416 e. The number of methoxy groups -OCH3 is 1. The number of sulfonamides is 1. The molecule has 0 bridgehead atoms. The van der Waals surface area contributed by atoms with E-state index >= 15 is 0 Å². The van der Waals surface area contributed by atoms with Crippen molar-refractivity contribution in [3.63, 3.8) is 0 Å². The number of esters is 1. The number of carbonyl (C=O) groups is 1. The lowest BCUT2D eigenvalue weighted by atomic mass is 10.2. The van der Waals surface area contributed by atoms with Crippen LogP contribution in [0.4, 0.5) is 18.9 Å². The number of carbonyl (C=O) groups excluding carboxylic acids is 1. The van der Waals surface area contributed by atoms with E-state index in [4.69, 9.17) is 11.6 Å². The maximum atomic E-state index is 12.5. The minimum Gasteiger partial charge on any atom is -0.465 e. The molecule has 0 saturated heterocycles. The van der Waals surface area contributed by atoms with Crippen LogP contribution in [0.15, 0.2) is 47.4 Å². The highest BCUT2D eigenvalue weighted by molar-refractivity contribution is 7.92. The molecule has 0 aliphatic carbocycles.